The highest BCUT2D eigenvalue weighted by atomic mass is 19.4. The van der Waals surface area contributed by atoms with E-state index in [2.05, 4.69) is 15.3 Å². The summed E-state index contributed by atoms with van der Waals surface area (Å²) in [6.07, 6.45) is -1.42. The van der Waals surface area contributed by atoms with Crippen molar-refractivity contribution in [1.29, 1.82) is 0 Å². The summed E-state index contributed by atoms with van der Waals surface area (Å²) in [6.45, 7) is 0.642. The van der Waals surface area contributed by atoms with Crippen LogP contribution in [0.1, 0.15) is 16.8 Å². The highest BCUT2D eigenvalue weighted by Gasteiger charge is 2.31. The van der Waals surface area contributed by atoms with Gasteiger partial charge in [-0.05, 0) is 18.2 Å². The second-order valence-electron chi connectivity index (χ2n) is 4.86. The lowest BCUT2D eigenvalue weighted by atomic mass is 10.2. The van der Waals surface area contributed by atoms with Crippen LogP contribution in [0, 0.1) is 0 Å². The van der Waals surface area contributed by atoms with Crippen molar-refractivity contribution in [3.8, 4) is 0 Å². The smallest absolute Gasteiger partial charge is 0.314 e. The van der Waals surface area contributed by atoms with Crippen molar-refractivity contribution in [2.45, 2.75) is 19.3 Å². The molecule has 1 aliphatic heterocycles. The molecular formula is C14H11F3N4O. The molecule has 0 aliphatic carbocycles. The maximum atomic E-state index is 12.6. The molecule has 1 N–H and O–H groups in total. The fourth-order valence-electron chi connectivity index (χ4n) is 2.22. The van der Waals surface area contributed by atoms with Gasteiger partial charge in [-0.2, -0.15) is 13.2 Å². The van der Waals surface area contributed by atoms with Crippen LogP contribution in [-0.4, -0.2) is 20.9 Å². The van der Waals surface area contributed by atoms with Crippen molar-refractivity contribution < 1.29 is 18.0 Å². The van der Waals surface area contributed by atoms with Crippen molar-refractivity contribution in [2.24, 2.45) is 0 Å². The van der Waals surface area contributed by atoms with Gasteiger partial charge in [-0.3, -0.25) is 0 Å². The summed E-state index contributed by atoms with van der Waals surface area (Å²) in [6, 6.07) is 4.05. The molecule has 0 radical (unpaired) electrons. The van der Waals surface area contributed by atoms with Gasteiger partial charge < -0.3 is 10.2 Å². The first-order valence-electron chi connectivity index (χ1n) is 6.44. The fourth-order valence-corrected chi connectivity index (χ4v) is 2.22. The molecule has 2 heterocycles. The van der Waals surface area contributed by atoms with Gasteiger partial charge in [-0.15, -0.1) is 0 Å². The Morgan fingerprint density at radius 2 is 2.09 bits per heavy atom. The molecule has 0 saturated carbocycles. The van der Waals surface area contributed by atoms with Crippen LogP contribution >= 0.6 is 0 Å². The quantitative estimate of drug-likeness (QED) is 0.881. The molecule has 22 heavy (non-hydrogen) atoms. The SMILES string of the molecule is O=C(Nc1cccc(C(F)(F)F)c1)N1Cc2cncnc2C1. The number of halogens is 3. The van der Waals surface area contributed by atoms with E-state index >= 15 is 0 Å². The maximum Gasteiger partial charge on any atom is 0.416 e. The summed E-state index contributed by atoms with van der Waals surface area (Å²) in [4.78, 5) is 21.5. The van der Waals surface area contributed by atoms with Crippen LogP contribution in [0.3, 0.4) is 0 Å². The molecule has 0 atom stereocenters. The Hall–Kier alpha value is -2.64. The molecule has 1 aliphatic rings. The molecule has 0 spiro atoms. The van der Waals surface area contributed by atoms with E-state index in [0.717, 1.165) is 23.4 Å². The normalized spacial score (nSPS) is 13.9. The number of fused-ring (bicyclic) bond motifs is 1. The number of carbonyl (C=O) groups is 1. The minimum absolute atomic E-state index is 0.0989. The third kappa shape index (κ3) is 2.85. The van der Waals surface area contributed by atoms with Crippen LogP contribution in [-0.2, 0) is 19.3 Å². The van der Waals surface area contributed by atoms with Crippen molar-refractivity contribution in [3.05, 3.63) is 53.6 Å². The Morgan fingerprint density at radius 3 is 2.82 bits per heavy atom. The largest absolute Gasteiger partial charge is 0.416 e. The summed E-state index contributed by atoms with van der Waals surface area (Å²) in [7, 11) is 0. The van der Waals surface area contributed by atoms with Crippen LogP contribution in [0.4, 0.5) is 23.7 Å². The van der Waals surface area contributed by atoms with Gasteiger partial charge in [0.25, 0.3) is 0 Å². The second-order valence-corrected chi connectivity index (χ2v) is 4.86. The Labute approximate surface area is 123 Å². The van der Waals surface area contributed by atoms with Crippen molar-refractivity contribution in [1.82, 2.24) is 14.9 Å². The third-order valence-corrected chi connectivity index (χ3v) is 3.31. The molecular weight excluding hydrogens is 297 g/mol. The summed E-state index contributed by atoms with van der Waals surface area (Å²) in [5.74, 6) is 0. The Bertz CT molecular complexity index is 692. The molecule has 114 valence electrons. The first kappa shape index (κ1) is 14.3. The van der Waals surface area contributed by atoms with Gasteiger partial charge in [0.2, 0.25) is 0 Å². The number of hydrogen-bond donors (Lipinski definition) is 1. The zero-order chi connectivity index (χ0) is 15.7. The van der Waals surface area contributed by atoms with Crippen LogP contribution in [0.25, 0.3) is 0 Å². The highest BCUT2D eigenvalue weighted by Crippen LogP contribution is 2.31. The molecule has 0 fully saturated rings. The number of benzene rings is 1. The number of nitrogens with one attached hydrogen (secondary N) is 1. The molecule has 3 rings (SSSR count). The Morgan fingerprint density at radius 1 is 1.27 bits per heavy atom. The van der Waals surface area contributed by atoms with E-state index in [1.54, 1.807) is 6.20 Å². The van der Waals surface area contributed by atoms with Crippen LogP contribution < -0.4 is 5.32 Å². The van der Waals surface area contributed by atoms with E-state index in [9.17, 15) is 18.0 Å². The monoisotopic (exact) mass is 308 g/mol. The van der Waals surface area contributed by atoms with E-state index in [1.807, 2.05) is 0 Å². The molecule has 2 aromatic rings. The van der Waals surface area contributed by atoms with Gasteiger partial charge >= 0.3 is 12.2 Å². The van der Waals surface area contributed by atoms with Crippen LogP contribution in [0.5, 0.6) is 0 Å². The fraction of sp³-hybridized carbons (Fsp3) is 0.214. The number of nitrogens with zero attached hydrogens (tertiary/aromatic N) is 3. The summed E-state index contributed by atoms with van der Waals surface area (Å²) in [5.41, 5.74) is 0.874. The Balaban J connectivity index is 1.71. The van der Waals surface area contributed by atoms with E-state index in [4.69, 9.17) is 0 Å². The van der Waals surface area contributed by atoms with Crippen LogP contribution in [0.2, 0.25) is 0 Å². The van der Waals surface area contributed by atoms with Gasteiger partial charge in [0.1, 0.15) is 6.33 Å². The van der Waals surface area contributed by atoms with E-state index in [-0.39, 0.29) is 5.69 Å². The van der Waals surface area contributed by atoms with E-state index < -0.39 is 17.8 Å². The van der Waals surface area contributed by atoms with Gasteiger partial charge in [0, 0.05) is 17.4 Å². The number of alkyl halides is 3. The molecule has 0 unspecified atom stereocenters. The Kier molecular flexibility index (Phi) is 3.44. The number of aromatic nitrogens is 2. The lowest BCUT2D eigenvalue weighted by molar-refractivity contribution is -0.137. The van der Waals surface area contributed by atoms with E-state index in [0.29, 0.717) is 13.1 Å². The second kappa shape index (κ2) is 5.28. The van der Waals surface area contributed by atoms with E-state index in [1.165, 1.54) is 23.4 Å². The summed E-state index contributed by atoms with van der Waals surface area (Å²) < 4.78 is 37.9. The van der Waals surface area contributed by atoms with Gasteiger partial charge in [-0.25, -0.2) is 14.8 Å². The standard InChI is InChI=1S/C14H11F3N4O/c15-14(16,17)10-2-1-3-11(4-10)20-13(22)21-6-9-5-18-8-19-12(9)7-21/h1-5,8H,6-7H2,(H,20,22). The summed E-state index contributed by atoms with van der Waals surface area (Å²) >= 11 is 0. The lowest BCUT2D eigenvalue weighted by Crippen LogP contribution is -2.30. The average Bonchev–Trinajstić information content (AvgIpc) is 2.90. The zero-order valence-corrected chi connectivity index (χ0v) is 11.3. The minimum Gasteiger partial charge on any atom is -0.314 e. The molecule has 1 aromatic carbocycles. The number of anilines is 1. The molecule has 0 saturated heterocycles. The van der Waals surface area contributed by atoms with Gasteiger partial charge in [0.05, 0.1) is 24.3 Å². The predicted molar refractivity (Wildman–Crippen MR) is 71.7 cm³/mol. The highest BCUT2D eigenvalue weighted by molar-refractivity contribution is 5.89. The predicted octanol–water partition coefficient (Wildman–Crippen LogP) is 3.04. The first-order valence-corrected chi connectivity index (χ1v) is 6.44. The van der Waals surface area contributed by atoms with Crippen molar-refractivity contribution >= 4 is 11.7 Å². The summed E-state index contributed by atoms with van der Waals surface area (Å²) in [5, 5.41) is 2.47. The number of urea groups is 1. The van der Waals surface area contributed by atoms with Crippen molar-refractivity contribution in [2.75, 3.05) is 5.32 Å². The number of amides is 2. The number of carbonyl (C=O) groups excluding carboxylic acids is 1. The van der Waals surface area contributed by atoms with Gasteiger partial charge in [0.15, 0.2) is 0 Å². The topological polar surface area (TPSA) is 58.1 Å². The minimum atomic E-state index is -4.44. The molecule has 0 bridgehead atoms. The van der Waals surface area contributed by atoms with Crippen molar-refractivity contribution in [3.63, 3.8) is 0 Å². The zero-order valence-electron chi connectivity index (χ0n) is 11.3. The molecule has 1 aromatic heterocycles. The molecule has 8 heteroatoms. The maximum absolute atomic E-state index is 12.6. The lowest BCUT2D eigenvalue weighted by Gasteiger charge is -2.16. The number of rotatable bonds is 1. The molecule has 2 amide bonds. The average molecular weight is 308 g/mol. The molecule has 5 nitrogen and oxygen atoms in total. The number of hydrogen-bond acceptors (Lipinski definition) is 3. The first-order chi connectivity index (χ1) is 10.4. The van der Waals surface area contributed by atoms with Crippen LogP contribution in [0.15, 0.2) is 36.8 Å². The van der Waals surface area contributed by atoms with Gasteiger partial charge in [-0.1, -0.05) is 6.07 Å². The third-order valence-electron chi connectivity index (χ3n) is 3.31.